The second-order valence-corrected chi connectivity index (χ2v) is 5.72. The van der Waals surface area contributed by atoms with Crippen LogP contribution in [0, 0.1) is 6.92 Å². The van der Waals surface area contributed by atoms with Gasteiger partial charge in [0.05, 0.1) is 0 Å². The first kappa shape index (κ1) is 20.7. The molecule has 1 aromatic rings. The Morgan fingerprint density at radius 1 is 1.27 bits per heavy atom. The Morgan fingerprint density at radius 3 is 2.50 bits per heavy atom. The van der Waals surface area contributed by atoms with E-state index >= 15 is 0 Å². The van der Waals surface area contributed by atoms with Crippen molar-refractivity contribution in [3.63, 3.8) is 0 Å². The monoisotopic (exact) mass is 328 g/mol. The fourth-order valence-corrected chi connectivity index (χ4v) is 2.25. The highest BCUT2D eigenvalue weighted by molar-refractivity contribution is 5.85. The molecule has 0 saturated heterocycles. The van der Waals surface area contributed by atoms with Crippen molar-refractivity contribution in [3.05, 3.63) is 29.3 Å². The summed E-state index contributed by atoms with van der Waals surface area (Å²) in [4.78, 5) is 11.9. The van der Waals surface area contributed by atoms with Crippen molar-refractivity contribution < 1.29 is 9.53 Å². The van der Waals surface area contributed by atoms with Crippen LogP contribution in [0.2, 0.25) is 0 Å². The smallest absolute Gasteiger partial charge is 0.260 e. The van der Waals surface area contributed by atoms with Crippen LogP contribution in [-0.4, -0.2) is 25.1 Å². The Balaban J connectivity index is 0.00000441. The molecule has 0 fully saturated rings. The number of unbranched alkanes of at least 4 members (excludes halogenated alkanes) is 1. The van der Waals surface area contributed by atoms with E-state index in [0.29, 0.717) is 19.0 Å². The van der Waals surface area contributed by atoms with E-state index in [4.69, 9.17) is 10.5 Å². The summed E-state index contributed by atoms with van der Waals surface area (Å²) in [5.41, 5.74) is 7.92. The molecular formula is C17H29ClN2O2. The summed E-state index contributed by atoms with van der Waals surface area (Å²) in [6, 6.07) is 6.00. The summed E-state index contributed by atoms with van der Waals surface area (Å²) in [7, 11) is 0. The summed E-state index contributed by atoms with van der Waals surface area (Å²) < 4.78 is 5.71. The first-order chi connectivity index (χ1) is 9.95. The number of benzene rings is 1. The topological polar surface area (TPSA) is 64.3 Å². The minimum atomic E-state index is -0.493. The molecule has 22 heavy (non-hydrogen) atoms. The van der Waals surface area contributed by atoms with Gasteiger partial charge < -0.3 is 15.8 Å². The maximum atomic E-state index is 11.9. The highest BCUT2D eigenvalue weighted by Crippen LogP contribution is 2.24. The van der Waals surface area contributed by atoms with Crippen molar-refractivity contribution in [2.24, 2.45) is 5.73 Å². The summed E-state index contributed by atoms with van der Waals surface area (Å²) in [6.07, 6.45) is 1.33. The lowest BCUT2D eigenvalue weighted by Crippen LogP contribution is -2.36. The third-order valence-electron chi connectivity index (χ3n) is 3.48. The molecule has 1 atom stereocenters. The van der Waals surface area contributed by atoms with Gasteiger partial charge in [-0.3, -0.25) is 4.79 Å². The van der Waals surface area contributed by atoms with Crippen LogP contribution < -0.4 is 15.8 Å². The Kier molecular flexibility index (Phi) is 9.86. The Bertz CT molecular complexity index is 464. The van der Waals surface area contributed by atoms with Crippen molar-refractivity contribution in [1.82, 2.24) is 5.32 Å². The molecule has 4 nitrogen and oxygen atoms in total. The fraction of sp³-hybridized carbons (Fsp3) is 0.588. The fourth-order valence-electron chi connectivity index (χ4n) is 2.25. The van der Waals surface area contributed by atoms with Gasteiger partial charge in [-0.2, -0.15) is 0 Å². The van der Waals surface area contributed by atoms with Crippen LogP contribution in [0.5, 0.6) is 5.75 Å². The van der Waals surface area contributed by atoms with Crippen molar-refractivity contribution in [3.8, 4) is 5.75 Å². The molecule has 0 radical (unpaired) electrons. The van der Waals surface area contributed by atoms with Crippen molar-refractivity contribution in [1.29, 1.82) is 0 Å². The van der Waals surface area contributed by atoms with E-state index in [9.17, 15) is 4.79 Å². The molecule has 0 bridgehead atoms. The van der Waals surface area contributed by atoms with E-state index in [1.54, 1.807) is 6.92 Å². The van der Waals surface area contributed by atoms with E-state index in [1.165, 1.54) is 11.1 Å². The number of rotatable bonds is 8. The number of halogens is 1. The van der Waals surface area contributed by atoms with Gasteiger partial charge in [0.2, 0.25) is 0 Å². The molecule has 126 valence electrons. The zero-order valence-corrected chi connectivity index (χ0v) is 14.8. The average molecular weight is 329 g/mol. The van der Waals surface area contributed by atoms with Gasteiger partial charge in [0.1, 0.15) is 5.75 Å². The highest BCUT2D eigenvalue weighted by atomic mass is 35.5. The molecule has 3 N–H and O–H groups in total. The first-order valence-corrected chi connectivity index (χ1v) is 7.70. The molecule has 0 aliphatic rings. The lowest BCUT2D eigenvalue weighted by Gasteiger charge is -2.17. The van der Waals surface area contributed by atoms with Crippen LogP contribution >= 0.6 is 12.4 Å². The van der Waals surface area contributed by atoms with Gasteiger partial charge >= 0.3 is 0 Å². The Hall–Kier alpha value is -1.26. The second-order valence-electron chi connectivity index (χ2n) is 5.72. The predicted molar refractivity (Wildman–Crippen MR) is 93.9 cm³/mol. The van der Waals surface area contributed by atoms with E-state index in [0.717, 1.165) is 18.6 Å². The SMILES string of the molecule is Cc1cc(OC(C)C(=O)NCCCCN)ccc1C(C)C.Cl. The van der Waals surface area contributed by atoms with E-state index in [2.05, 4.69) is 32.2 Å². The minimum Gasteiger partial charge on any atom is -0.481 e. The van der Waals surface area contributed by atoms with E-state index in [1.807, 2.05) is 12.1 Å². The summed E-state index contributed by atoms with van der Waals surface area (Å²) >= 11 is 0. The van der Waals surface area contributed by atoms with Crippen LogP contribution in [-0.2, 0) is 4.79 Å². The molecule has 1 unspecified atom stereocenters. The molecule has 0 saturated carbocycles. The predicted octanol–water partition coefficient (Wildman–Crippen LogP) is 3.16. The van der Waals surface area contributed by atoms with Gasteiger partial charge in [0.25, 0.3) is 5.91 Å². The zero-order valence-electron chi connectivity index (χ0n) is 14.0. The largest absolute Gasteiger partial charge is 0.481 e. The molecule has 1 amide bonds. The molecule has 1 aromatic carbocycles. The summed E-state index contributed by atoms with van der Waals surface area (Å²) in [5, 5.41) is 2.86. The van der Waals surface area contributed by atoms with Crippen LogP contribution in [0.3, 0.4) is 0 Å². The molecule has 5 heteroatoms. The Labute approximate surface area is 140 Å². The lowest BCUT2D eigenvalue weighted by molar-refractivity contribution is -0.127. The normalized spacial score (nSPS) is 11.7. The third-order valence-corrected chi connectivity index (χ3v) is 3.48. The summed E-state index contributed by atoms with van der Waals surface area (Å²) in [6.45, 7) is 9.47. The number of carbonyl (C=O) groups excluding carboxylic acids is 1. The van der Waals surface area contributed by atoms with Gasteiger partial charge in [0.15, 0.2) is 6.10 Å². The number of nitrogens with one attached hydrogen (secondary N) is 1. The number of amides is 1. The van der Waals surface area contributed by atoms with Crippen molar-refractivity contribution >= 4 is 18.3 Å². The van der Waals surface area contributed by atoms with E-state index < -0.39 is 6.10 Å². The average Bonchev–Trinajstić information content (AvgIpc) is 2.43. The van der Waals surface area contributed by atoms with Crippen LogP contribution in [0.1, 0.15) is 50.7 Å². The zero-order chi connectivity index (χ0) is 15.8. The maximum absolute atomic E-state index is 11.9. The molecule has 0 heterocycles. The van der Waals surface area contributed by atoms with Gasteiger partial charge in [-0.1, -0.05) is 19.9 Å². The van der Waals surface area contributed by atoms with Crippen LogP contribution in [0.15, 0.2) is 18.2 Å². The first-order valence-electron chi connectivity index (χ1n) is 7.70. The summed E-state index contributed by atoms with van der Waals surface area (Å²) in [5.74, 6) is 1.14. The number of hydrogen-bond acceptors (Lipinski definition) is 3. The van der Waals surface area contributed by atoms with Gasteiger partial charge in [0, 0.05) is 6.54 Å². The van der Waals surface area contributed by atoms with Crippen LogP contribution in [0.25, 0.3) is 0 Å². The molecule has 0 aliphatic heterocycles. The van der Waals surface area contributed by atoms with Crippen molar-refractivity contribution in [2.75, 3.05) is 13.1 Å². The standard InChI is InChI=1S/C17H28N2O2.ClH/c1-12(2)16-8-7-15(11-13(16)3)21-14(4)17(20)19-10-6-5-9-18;/h7-8,11-12,14H,5-6,9-10,18H2,1-4H3,(H,19,20);1H. The molecule has 0 spiro atoms. The molecule has 0 aliphatic carbocycles. The number of carbonyl (C=O) groups is 1. The lowest BCUT2D eigenvalue weighted by atomic mass is 9.98. The van der Waals surface area contributed by atoms with Gasteiger partial charge in [-0.05, 0) is 62.4 Å². The molecule has 0 aromatic heterocycles. The maximum Gasteiger partial charge on any atom is 0.260 e. The third kappa shape index (κ3) is 6.67. The molecular weight excluding hydrogens is 300 g/mol. The van der Waals surface area contributed by atoms with Gasteiger partial charge in [-0.25, -0.2) is 0 Å². The van der Waals surface area contributed by atoms with E-state index in [-0.39, 0.29) is 18.3 Å². The van der Waals surface area contributed by atoms with Gasteiger partial charge in [-0.15, -0.1) is 12.4 Å². The minimum absolute atomic E-state index is 0. The quantitative estimate of drug-likeness (QED) is 0.720. The number of hydrogen-bond donors (Lipinski definition) is 2. The second kappa shape index (κ2) is 10.5. The highest BCUT2D eigenvalue weighted by Gasteiger charge is 2.14. The number of ether oxygens (including phenoxy) is 1. The van der Waals surface area contributed by atoms with Crippen LogP contribution in [0.4, 0.5) is 0 Å². The number of nitrogens with two attached hydrogens (primary N) is 1. The Morgan fingerprint density at radius 2 is 1.95 bits per heavy atom. The van der Waals surface area contributed by atoms with Crippen molar-refractivity contribution in [2.45, 2.75) is 52.6 Å². The molecule has 1 rings (SSSR count). The number of aryl methyl sites for hydroxylation is 1.